The molecule has 0 atom stereocenters. The zero-order valence-electron chi connectivity index (χ0n) is 15.4. The molecule has 0 bridgehead atoms. The Balaban J connectivity index is 1.49. The molecule has 1 aromatic heterocycles. The molecule has 1 aliphatic rings. The highest BCUT2D eigenvalue weighted by atomic mass is 19.1. The van der Waals surface area contributed by atoms with Gasteiger partial charge in [0, 0.05) is 22.8 Å². The molecule has 1 saturated carbocycles. The van der Waals surface area contributed by atoms with Gasteiger partial charge in [0.1, 0.15) is 11.6 Å². The van der Waals surface area contributed by atoms with Crippen molar-refractivity contribution in [1.29, 1.82) is 0 Å². The minimum absolute atomic E-state index is 0.263. The number of hydrogen-bond acceptors (Lipinski definition) is 4. The normalized spacial score (nSPS) is 15.1. The van der Waals surface area contributed by atoms with E-state index in [0.717, 1.165) is 24.3 Å². The van der Waals surface area contributed by atoms with Crippen molar-refractivity contribution in [3.63, 3.8) is 0 Å². The summed E-state index contributed by atoms with van der Waals surface area (Å²) in [6.07, 6.45) is 6.57. The Kier molecular flexibility index (Phi) is 5.02. The maximum atomic E-state index is 13.4. The summed E-state index contributed by atoms with van der Waals surface area (Å²) in [6.45, 7) is 0. The number of pyridine rings is 1. The first-order valence-electron chi connectivity index (χ1n) is 9.40. The Morgan fingerprint density at radius 2 is 1.89 bits per heavy atom. The lowest BCUT2D eigenvalue weighted by molar-refractivity contribution is 0.210. The van der Waals surface area contributed by atoms with E-state index < -0.39 is 0 Å². The summed E-state index contributed by atoms with van der Waals surface area (Å²) in [4.78, 5) is 15.0. The van der Waals surface area contributed by atoms with Crippen LogP contribution in [-0.4, -0.2) is 11.1 Å². The van der Waals surface area contributed by atoms with Gasteiger partial charge in [-0.2, -0.15) is 0 Å². The van der Waals surface area contributed by atoms with Crippen molar-refractivity contribution in [2.45, 2.75) is 31.8 Å². The highest BCUT2D eigenvalue weighted by Crippen LogP contribution is 2.25. The Hall–Kier alpha value is -3.28. The number of hydrogen-bond donors (Lipinski definition) is 3. The molecule has 1 aliphatic carbocycles. The topological polar surface area (TPSA) is 80.1 Å². The van der Waals surface area contributed by atoms with E-state index in [1.807, 2.05) is 24.3 Å². The monoisotopic (exact) mass is 379 g/mol. The number of halogens is 1. The van der Waals surface area contributed by atoms with Crippen molar-refractivity contribution in [2.75, 3.05) is 5.32 Å². The van der Waals surface area contributed by atoms with Gasteiger partial charge in [-0.05, 0) is 74.2 Å². The van der Waals surface area contributed by atoms with Crippen molar-refractivity contribution >= 4 is 22.3 Å². The lowest BCUT2D eigenvalue weighted by Crippen LogP contribution is -2.15. The number of fused-ring (bicyclic) bond motifs is 1. The van der Waals surface area contributed by atoms with Gasteiger partial charge in [0.2, 0.25) is 0 Å². The summed E-state index contributed by atoms with van der Waals surface area (Å²) in [5, 5.41) is 3.66. The third-order valence-corrected chi connectivity index (χ3v) is 4.97. The van der Waals surface area contributed by atoms with E-state index in [1.165, 1.54) is 31.0 Å². The summed E-state index contributed by atoms with van der Waals surface area (Å²) in [5.41, 5.74) is 7.68. The Morgan fingerprint density at radius 1 is 1.14 bits per heavy atom. The van der Waals surface area contributed by atoms with Crippen molar-refractivity contribution in [3.8, 4) is 5.75 Å². The van der Waals surface area contributed by atoms with Crippen LogP contribution in [0.5, 0.6) is 5.75 Å². The molecule has 4 rings (SSSR count). The van der Waals surface area contributed by atoms with Gasteiger partial charge in [-0.3, -0.25) is 4.79 Å². The first kappa shape index (κ1) is 18.1. The maximum absolute atomic E-state index is 13.4. The van der Waals surface area contributed by atoms with Gasteiger partial charge in [-0.25, -0.2) is 4.39 Å². The van der Waals surface area contributed by atoms with Gasteiger partial charge < -0.3 is 20.8 Å². The first-order valence-corrected chi connectivity index (χ1v) is 9.40. The van der Waals surface area contributed by atoms with Crippen LogP contribution in [0.2, 0.25) is 0 Å². The van der Waals surface area contributed by atoms with Crippen molar-refractivity contribution < 1.29 is 9.13 Å². The third-order valence-electron chi connectivity index (χ3n) is 4.97. The van der Waals surface area contributed by atoms with Crippen LogP contribution in [0.3, 0.4) is 0 Å². The minimum atomic E-state index is -0.369. The number of aromatic amines is 1. The molecule has 1 heterocycles. The molecule has 3 aromatic rings. The zero-order chi connectivity index (χ0) is 19.5. The van der Waals surface area contributed by atoms with Crippen molar-refractivity contribution in [3.05, 3.63) is 76.5 Å². The van der Waals surface area contributed by atoms with Gasteiger partial charge in [-0.1, -0.05) is 0 Å². The molecule has 1 fully saturated rings. The van der Waals surface area contributed by atoms with Gasteiger partial charge in [0.15, 0.2) is 0 Å². The van der Waals surface area contributed by atoms with Crippen LogP contribution < -0.4 is 21.3 Å². The fraction of sp³-hybridized carbons (Fsp3) is 0.227. The standard InChI is InChI=1S/C22H22FN3O2/c23-15-5-10-21-14(11-15)12-19(22(27)26-21)20(24)13-25-16-6-8-18(9-7-16)28-17-3-1-2-4-17/h5-13,17,25H,1-4,24H2,(H,26,27)/b20-13-. The van der Waals surface area contributed by atoms with Gasteiger partial charge >= 0.3 is 0 Å². The van der Waals surface area contributed by atoms with E-state index in [2.05, 4.69) is 10.3 Å². The van der Waals surface area contributed by atoms with Crippen LogP contribution in [-0.2, 0) is 0 Å². The SMILES string of the molecule is N/C(=C\Nc1ccc(OC2CCCC2)cc1)c1cc2cc(F)ccc2[nH]c1=O. The van der Waals surface area contributed by atoms with Crippen LogP contribution >= 0.6 is 0 Å². The van der Waals surface area contributed by atoms with Crippen LogP contribution in [0, 0.1) is 5.82 Å². The number of aromatic nitrogens is 1. The van der Waals surface area contributed by atoms with Gasteiger partial charge in [0.05, 0.1) is 17.4 Å². The summed E-state index contributed by atoms with van der Waals surface area (Å²) in [5.74, 6) is 0.480. The quantitative estimate of drug-likeness (QED) is 0.615. The molecular formula is C22H22FN3O2. The highest BCUT2D eigenvalue weighted by Gasteiger charge is 2.16. The van der Waals surface area contributed by atoms with E-state index in [9.17, 15) is 9.18 Å². The number of nitrogens with one attached hydrogen (secondary N) is 2. The summed E-state index contributed by atoms with van der Waals surface area (Å²) >= 11 is 0. The molecule has 2 aromatic carbocycles. The average molecular weight is 379 g/mol. The Morgan fingerprint density at radius 3 is 2.64 bits per heavy atom. The van der Waals surface area contributed by atoms with E-state index in [0.29, 0.717) is 17.0 Å². The van der Waals surface area contributed by atoms with E-state index in [-0.39, 0.29) is 22.6 Å². The molecule has 0 unspecified atom stereocenters. The number of H-pyrrole nitrogens is 1. The van der Waals surface area contributed by atoms with E-state index >= 15 is 0 Å². The van der Waals surface area contributed by atoms with Gasteiger partial charge in [0.25, 0.3) is 5.56 Å². The number of anilines is 1. The maximum Gasteiger partial charge on any atom is 0.257 e. The number of rotatable bonds is 5. The molecule has 144 valence electrons. The number of benzene rings is 2. The van der Waals surface area contributed by atoms with Crippen LogP contribution in [0.15, 0.2) is 59.5 Å². The predicted octanol–water partition coefficient (Wildman–Crippen LogP) is 4.36. The van der Waals surface area contributed by atoms with Crippen molar-refractivity contribution in [2.24, 2.45) is 5.73 Å². The smallest absolute Gasteiger partial charge is 0.257 e. The van der Waals surface area contributed by atoms with Crippen molar-refractivity contribution in [1.82, 2.24) is 4.98 Å². The lowest BCUT2D eigenvalue weighted by Gasteiger charge is -2.13. The fourth-order valence-corrected chi connectivity index (χ4v) is 3.46. The molecule has 4 N–H and O–H groups in total. The van der Waals surface area contributed by atoms with E-state index in [1.54, 1.807) is 12.3 Å². The Bertz CT molecular complexity index is 1070. The molecule has 6 heteroatoms. The summed E-state index contributed by atoms with van der Waals surface area (Å²) in [7, 11) is 0. The third kappa shape index (κ3) is 4.01. The second-order valence-electron chi connectivity index (χ2n) is 7.04. The molecule has 0 radical (unpaired) electrons. The summed E-state index contributed by atoms with van der Waals surface area (Å²) < 4.78 is 19.4. The van der Waals surface area contributed by atoms with Crippen LogP contribution in [0.4, 0.5) is 10.1 Å². The lowest BCUT2D eigenvalue weighted by atomic mass is 10.1. The Labute approximate surface area is 162 Å². The van der Waals surface area contributed by atoms with Crippen LogP contribution in [0.25, 0.3) is 16.6 Å². The fourth-order valence-electron chi connectivity index (χ4n) is 3.46. The largest absolute Gasteiger partial charge is 0.490 e. The number of nitrogens with two attached hydrogens (primary N) is 1. The van der Waals surface area contributed by atoms with Crippen LogP contribution in [0.1, 0.15) is 31.2 Å². The second-order valence-corrected chi connectivity index (χ2v) is 7.04. The zero-order valence-corrected chi connectivity index (χ0v) is 15.4. The number of ether oxygens (including phenoxy) is 1. The van der Waals surface area contributed by atoms with Gasteiger partial charge in [-0.15, -0.1) is 0 Å². The summed E-state index contributed by atoms with van der Waals surface area (Å²) in [6, 6.07) is 13.4. The second kappa shape index (κ2) is 7.76. The highest BCUT2D eigenvalue weighted by molar-refractivity contribution is 5.82. The molecular weight excluding hydrogens is 357 g/mol. The molecule has 0 saturated heterocycles. The molecule has 0 amide bonds. The molecule has 0 spiro atoms. The molecule has 0 aliphatic heterocycles. The average Bonchev–Trinajstić information content (AvgIpc) is 3.20. The first-order chi connectivity index (χ1) is 13.6. The minimum Gasteiger partial charge on any atom is -0.490 e. The molecule has 5 nitrogen and oxygen atoms in total. The predicted molar refractivity (Wildman–Crippen MR) is 110 cm³/mol. The van der Waals surface area contributed by atoms with E-state index in [4.69, 9.17) is 10.5 Å². The molecule has 28 heavy (non-hydrogen) atoms.